The van der Waals surface area contributed by atoms with Gasteiger partial charge in [0.25, 0.3) is 0 Å². The van der Waals surface area contributed by atoms with Crippen LogP contribution in [-0.4, -0.2) is 6.10 Å². The van der Waals surface area contributed by atoms with Gasteiger partial charge in [0.05, 0.1) is 17.7 Å². The van der Waals surface area contributed by atoms with E-state index in [1.807, 2.05) is 25.1 Å². The second-order valence-corrected chi connectivity index (χ2v) is 3.76. The SMILES string of the molecule is Cc1cc(OC2CCC2)ccc1C#N. The molecule has 1 aromatic carbocycles. The van der Waals surface area contributed by atoms with Crippen molar-refractivity contribution in [2.24, 2.45) is 0 Å². The largest absolute Gasteiger partial charge is 0.490 e. The summed E-state index contributed by atoms with van der Waals surface area (Å²) in [5, 5.41) is 8.76. The van der Waals surface area contributed by atoms with E-state index >= 15 is 0 Å². The van der Waals surface area contributed by atoms with Gasteiger partial charge in [0.2, 0.25) is 0 Å². The summed E-state index contributed by atoms with van der Waals surface area (Å²) in [4.78, 5) is 0. The fourth-order valence-electron chi connectivity index (χ4n) is 1.52. The van der Waals surface area contributed by atoms with Crippen LogP contribution in [0.2, 0.25) is 0 Å². The maximum Gasteiger partial charge on any atom is 0.120 e. The van der Waals surface area contributed by atoms with Gasteiger partial charge < -0.3 is 4.74 Å². The molecule has 2 rings (SSSR count). The van der Waals surface area contributed by atoms with Gasteiger partial charge in [-0.15, -0.1) is 0 Å². The number of ether oxygens (including phenoxy) is 1. The highest BCUT2D eigenvalue weighted by atomic mass is 16.5. The molecule has 0 atom stereocenters. The van der Waals surface area contributed by atoms with E-state index in [4.69, 9.17) is 10.00 Å². The minimum Gasteiger partial charge on any atom is -0.490 e. The van der Waals surface area contributed by atoms with Crippen LogP contribution in [-0.2, 0) is 0 Å². The molecule has 0 unspecified atom stereocenters. The molecule has 1 aliphatic carbocycles. The Labute approximate surface area is 84.1 Å². The standard InChI is InChI=1S/C12H13NO/c1-9-7-12(6-5-10(9)8-13)14-11-3-2-4-11/h5-7,11H,2-4H2,1H3. The molecular formula is C12H13NO. The zero-order valence-corrected chi connectivity index (χ0v) is 8.29. The molecular weight excluding hydrogens is 174 g/mol. The fraction of sp³-hybridized carbons (Fsp3) is 0.417. The Morgan fingerprint density at radius 1 is 1.43 bits per heavy atom. The first-order valence-corrected chi connectivity index (χ1v) is 4.97. The summed E-state index contributed by atoms with van der Waals surface area (Å²) in [6.45, 7) is 1.94. The van der Waals surface area contributed by atoms with Gasteiger partial charge in [-0.05, 0) is 49.9 Å². The molecule has 0 spiro atoms. The molecule has 1 saturated carbocycles. The molecule has 0 saturated heterocycles. The Morgan fingerprint density at radius 2 is 2.21 bits per heavy atom. The van der Waals surface area contributed by atoms with Crippen LogP contribution in [0.5, 0.6) is 5.75 Å². The number of rotatable bonds is 2. The van der Waals surface area contributed by atoms with Crippen LogP contribution in [0.3, 0.4) is 0 Å². The van der Waals surface area contributed by atoms with Gasteiger partial charge in [0.1, 0.15) is 5.75 Å². The predicted octanol–water partition coefficient (Wildman–Crippen LogP) is 2.80. The molecule has 72 valence electrons. The first-order valence-electron chi connectivity index (χ1n) is 4.97. The quantitative estimate of drug-likeness (QED) is 0.713. The number of benzene rings is 1. The third kappa shape index (κ3) is 1.72. The zero-order valence-electron chi connectivity index (χ0n) is 8.29. The van der Waals surface area contributed by atoms with E-state index < -0.39 is 0 Å². The Bertz CT molecular complexity index is 374. The second kappa shape index (κ2) is 3.71. The Morgan fingerprint density at radius 3 is 2.71 bits per heavy atom. The van der Waals surface area contributed by atoms with E-state index in [0.717, 1.165) is 16.9 Å². The molecule has 0 aliphatic heterocycles. The van der Waals surface area contributed by atoms with Crippen molar-refractivity contribution in [2.75, 3.05) is 0 Å². The number of nitrogens with zero attached hydrogens (tertiary/aromatic N) is 1. The monoisotopic (exact) mass is 187 g/mol. The predicted molar refractivity (Wildman–Crippen MR) is 54.2 cm³/mol. The fourth-order valence-corrected chi connectivity index (χ4v) is 1.52. The molecule has 0 radical (unpaired) electrons. The maximum atomic E-state index is 8.76. The van der Waals surface area contributed by atoms with Gasteiger partial charge in [-0.25, -0.2) is 0 Å². The van der Waals surface area contributed by atoms with Gasteiger partial charge in [-0.1, -0.05) is 0 Å². The number of hydrogen-bond donors (Lipinski definition) is 0. The van der Waals surface area contributed by atoms with Crippen LogP contribution < -0.4 is 4.74 Å². The van der Waals surface area contributed by atoms with Crippen molar-refractivity contribution >= 4 is 0 Å². The lowest BCUT2D eigenvalue weighted by molar-refractivity contribution is 0.120. The number of nitriles is 1. The van der Waals surface area contributed by atoms with E-state index in [9.17, 15) is 0 Å². The van der Waals surface area contributed by atoms with Gasteiger partial charge in [0, 0.05) is 0 Å². The average Bonchev–Trinajstić information content (AvgIpc) is 2.12. The molecule has 0 heterocycles. The minimum atomic E-state index is 0.405. The number of aryl methyl sites for hydroxylation is 1. The summed E-state index contributed by atoms with van der Waals surface area (Å²) < 4.78 is 5.72. The van der Waals surface area contributed by atoms with Crippen molar-refractivity contribution in [1.29, 1.82) is 5.26 Å². The summed E-state index contributed by atoms with van der Waals surface area (Å²) >= 11 is 0. The van der Waals surface area contributed by atoms with Crippen LogP contribution in [0.25, 0.3) is 0 Å². The van der Waals surface area contributed by atoms with Gasteiger partial charge >= 0.3 is 0 Å². The summed E-state index contributed by atoms with van der Waals surface area (Å²) in [5.74, 6) is 0.895. The topological polar surface area (TPSA) is 33.0 Å². The van der Waals surface area contributed by atoms with Gasteiger partial charge in [-0.2, -0.15) is 5.26 Å². The van der Waals surface area contributed by atoms with Crippen LogP contribution in [0.15, 0.2) is 18.2 Å². The third-order valence-corrected chi connectivity index (χ3v) is 2.67. The second-order valence-electron chi connectivity index (χ2n) is 3.76. The molecule has 0 aromatic heterocycles. The molecule has 14 heavy (non-hydrogen) atoms. The molecule has 0 amide bonds. The van der Waals surface area contributed by atoms with Crippen molar-refractivity contribution in [1.82, 2.24) is 0 Å². The molecule has 0 bridgehead atoms. The van der Waals surface area contributed by atoms with Crippen molar-refractivity contribution in [3.05, 3.63) is 29.3 Å². The van der Waals surface area contributed by atoms with E-state index in [2.05, 4.69) is 6.07 Å². The molecule has 1 fully saturated rings. The Balaban J connectivity index is 2.12. The molecule has 1 aromatic rings. The van der Waals surface area contributed by atoms with Crippen LogP contribution in [0.1, 0.15) is 30.4 Å². The van der Waals surface area contributed by atoms with Crippen molar-refractivity contribution in [2.45, 2.75) is 32.3 Å². The Kier molecular flexibility index (Phi) is 2.41. The highest BCUT2D eigenvalue weighted by Gasteiger charge is 2.18. The maximum absolute atomic E-state index is 8.76. The summed E-state index contributed by atoms with van der Waals surface area (Å²) in [5.41, 5.74) is 1.72. The van der Waals surface area contributed by atoms with Crippen LogP contribution >= 0.6 is 0 Å². The van der Waals surface area contributed by atoms with E-state index in [1.165, 1.54) is 19.3 Å². The highest BCUT2D eigenvalue weighted by Crippen LogP contribution is 2.26. The normalized spacial score (nSPS) is 15.7. The lowest BCUT2D eigenvalue weighted by atomic mass is 9.96. The van der Waals surface area contributed by atoms with Gasteiger partial charge in [-0.3, -0.25) is 0 Å². The lowest BCUT2D eigenvalue weighted by Crippen LogP contribution is -2.24. The van der Waals surface area contributed by atoms with Crippen molar-refractivity contribution < 1.29 is 4.74 Å². The summed E-state index contributed by atoms with van der Waals surface area (Å²) in [6, 6.07) is 7.79. The van der Waals surface area contributed by atoms with E-state index in [-0.39, 0.29) is 0 Å². The van der Waals surface area contributed by atoms with Crippen LogP contribution in [0, 0.1) is 18.3 Å². The van der Waals surface area contributed by atoms with E-state index in [0.29, 0.717) is 6.10 Å². The smallest absolute Gasteiger partial charge is 0.120 e. The first kappa shape index (κ1) is 9.08. The number of hydrogen-bond acceptors (Lipinski definition) is 2. The highest BCUT2D eigenvalue weighted by molar-refractivity contribution is 5.41. The van der Waals surface area contributed by atoms with Crippen molar-refractivity contribution in [3.63, 3.8) is 0 Å². The minimum absolute atomic E-state index is 0.405. The van der Waals surface area contributed by atoms with Crippen LogP contribution in [0.4, 0.5) is 0 Å². The molecule has 2 nitrogen and oxygen atoms in total. The third-order valence-electron chi connectivity index (χ3n) is 2.67. The van der Waals surface area contributed by atoms with Crippen molar-refractivity contribution in [3.8, 4) is 11.8 Å². The molecule has 1 aliphatic rings. The summed E-state index contributed by atoms with van der Waals surface area (Å²) in [6.07, 6.45) is 4.01. The van der Waals surface area contributed by atoms with E-state index in [1.54, 1.807) is 0 Å². The first-order chi connectivity index (χ1) is 6.79. The summed E-state index contributed by atoms with van der Waals surface area (Å²) in [7, 11) is 0. The average molecular weight is 187 g/mol. The molecule has 2 heteroatoms. The Hall–Kier alpha value is -1.49. The molecule has 0 N–H and O–H groups in total. The zero-order chi connectivity index (χ0) is 9.97. The lowest BCUT2D eigenvalue weighted by Gasteiger charge is -2.26. The van der Waals surface area contributed by atoms with Gasteiger partial charge in [0.15, 0.2) is 0 Å².